The number of amidine groups is 1. The molecule has 0 saturated heterocycles. The van der Waals surface area contributed by atoms with E-state index in [1.165, 1.54) is 16.7 Å². The van der Waals surface area contributed by atoms with E-state index in [1.54, 1.807) is 0 Å². The Hall–Kier alpha value is -1.71. The number of ether oxygens (including phenoxy) is 1. The van der Waals surface area contributed by atoms with Gasteiger partial charge in [0.1, 0.15) is 11.6 Å². The Morgan fingerprint density at radius 1 is 1.19 bits per heavy atom. The van der Waals surface area contributed by atoms with Crippen molar-refractivity contribution >= 4 is 5.84 Å². The van der Waals surface area contributed by atoms with Crippen LogP contribution in [0.2, 0.25) is 0 Å². The predicted octanol–water partition coefficient (Wildman–Crippen LogP) is 3.93. The van der Waals surface area contributed by atoms with Crippen molar-refractivity contribution in [2.75, 3.05) is 6.61 Å². The molecule has 1 aromatic carbocycles. The molecule has 0 bridgehead atoms. The van der Waals surface area contributed by atoms with Crippen LogP contribution in [-0.4, -0.2) is 17.6 Å². The van der Waals surface area contributed by atoms with Crippen LogP contribution in [0.25, 0.3) is 0 Å². The van der Waals surface area contributed by atoms with Gasteiger partial charge in [0.25, 0.3) is 0 Å². The second-order valence-corrected chi connectivity index (χ2v) is 6.33. The van der Waals surface area contributed by atoms with E-state index in [-0.39, 0.29) is 11.3 Å². The molecule has 0 radical (unpaired) electrons. The van der Waals surface area contributed by atoms with Gasteiger partial charge in [0, 0.05) is 5.41 Å². The van der Waals surface area contributed by atoms with Gasteiger partial charge in [0.2, 0.25) is 0 Å². The third-order valence-corrected chi connectivity index (χ3v) is 4.12. The summed E-state index contributed by atoms with van der Waals surface area (Å²) < 4.78 is 5.94. The van der Waals surface area contributed by atoms with E-state index in [0.29, 0.717) is 6.61 Å². The maximum absolute atomic E-state index is 8.75. The number of rotatable bonds is 7. The molecule has 0 heterocycles. The zero-order valence-electron chi connectivity index (χ0n) is 13.9. The molecule has 0 spiro atoms. The van der Waals surface area contributed by atoms with Crippen LogP contribution in [0.1, 0.15) is 49.8 Å². The molecular weight excluding hydrogens is 264 g/mol. The van der Waals surface area contributed by atoms with Gasteiger partial charge in [-0.1, -0.05) is 31.1 Å². The van der Waals surface area contributed by atoms with E-state index in [0.717, 1.165) is 25.0 Å². The maximum atomic E-state index is 8.75. The summed E-state index contributed by atoms with van der Waals surface area (Å²) in [5.41, 5.74) is 9.05. The first-order valence-electron chi connectivity index (χ1n) is 7.47. The molecule has 0 aliphatic heterocycles. The number of unbranched alkanes of at least 4 members (excludes halogenated alkanes) is 1. The molecule has 0 aliphatic carbocycles. The lowest BCUT2D eigenvalue weighted by molar-refractivity contribution is 0.286. The second kappa shape index (κ2) is 7.34. The van der Waals surface area contributed by atoms with Crippen LogP contribution in [-0.2, 0) is 0 Å². The average Bonchev–Trinajstić information content (AvgIpc) is 2.45. The van der Waals surface area contributed by atoms with Crippen molar-refractivity contribution < 1.29 is 9.94 Å². The third kappa shape index (κ3) is 4.66. The summed E-state index contributed by atoms with van der Waals surface area (Å²) >= 11 is 0. The molecule has 0 unspecified atom stereocenters. The number of oxime groups is 1. The highest BCUT2D eigenvalue weighted by Gasteiger charge is 2.22. The van der Waals surface area contributed by atoms with Crippen molar-refractivity contribution in [1.29, 1.82) is 0 Å². The average molecular weight is 292 g/mol. The van der Waals surface area contributed by atoms with Gasteiger partial charge in [-0.3, -0.25) is 0 Å². The molecule has 118 valence electrons. The smallest absolute Gasteiger partial charge is 0.144 e. The zero-order valence-corrected chi connectivity index (χ0v) is 13.9. The maximum Gasteiger partial charge on any atom is 0.144 e. The number of nitrogens with zero attached hydrogens (tertiary/aromatic N) is 1. The molecule has 1 aromatic rings. The Morgan fingerprint density at radius 2 is 1.81 bits per heavy atom. The standard InChI is InChI=1S/C17H28N2O2/c1-12-8-9-13(2)15(14(12)3)21-11-7-6-10-17(4,5)16(18)19-20/h8-9,20H,6-7,10-11H2,1-5H3,(H2,18,19). The number of hydrogen-bond donors (Lipinski definition) is 2. The molecule has 1 rings (SSSR count). The van der Waals surface area contributed by atoms with Crippen LogP contribution >= 0.6 is 0 Å². The highest BCUT2D eigenvalue weighted by molar-refractivity contribution is 5.85. The minimum atomic E-state index is -0.274. The molecule has 3 N–H and O–H groups in total. The molecule has 0 saturated carbocycles. The monoisotopic (exact) mass is 292 g/mol. The summed E-state index contributed by atoms with van der Waals surface area (Å²) in [6, 6.07) is 4.22. The van der Waals surface area contributed by atoms with Crippen LogP contribution in [0.3, 0.4) is 0 Å². The lowest BCUT2D eigenvalue weighted by Gasteiger charge is -2.22. The minimum Gasteiger partial charge on any atom is -0.493 e. The number of aryl methyl sites for hydroxylation is 2. The van der Waals surface area contributed by atoms with Crippen molar-refractivity contribution in [2.24, 2.45) is 16.3 Å². The largest absolute Gasteiger partial charge is 0.493 e. The quantitative estimate of drug-likeness (QED) is 0.263. The summed E-state index contributed by atoms with van der Waals surface area (Å²) in [6.45, 7) is 10.9. The van der Waals surface area contributed by atoms with Gasteiger partial charge in [-0.15, -0.1) is 0 Å². The SMILES string of the molecule is Cc1ccc(C)c(OCCCCC(C)(C)/C(N)=N/O)c1C. The molecule has 0 atom stereocenters. The van der Waals surface area contributed by atoms with E-state index < -0.39 is 0 Å². The lowest BCUT2D eigenvalue weighted by atomic mass is 9.86. The molecule has 0 fully saturated rings. The first-order chi connectivity index (χ1) is 9.79. The van der Waals surface area contributed by atoms with Crippen LogP contribution in [0.15, 0.2) is 17.3 Å². The van der Waals surface area contributed by atoms with Crippen molar-refractivity contribution in [1.82, 2.24) is 0 Å². The van der Waals surface area contributed by atoms with Crippen LogP contribution in [0.5, 0.6) is 5.75 Å². The Labute approximate surface area is 128 Å². The fourth-order valence-electron chi connectivity index (χ4n) is 2.25. The Kier molecular flexibility index (Phi) is 6.06. The van der Waals surface area contributed by atoms with Crippen LogP contribution < -0.4 is 10.5 Å². The fourth-order valence-corrected chi connectivity index (χ4v) is 2.25. The summed E-state index contributed by atoms with van der Waals surface area (Å²) in [7, 11) is 0. The van der Waals surface area contributed by atoms with Gasteiger partial charge in [-0.05, 0) is 56.7 Å². The van der Waals surface area contributed by atoms with E-state index >= 15 is 0 Å². The van der Waals surface area contributed by atoms with Crippen molar-refractivity contribution in [3.63, 3.8) is 0 Å². The highest BCUT2D eigenvalue weighted by Crippen LogP contribution is 2.27. The van der Waals surface area contributed by atoms with Gasteiger partial charge in [0.15, 0.2) is 0 Å². The summed E-state index contributed by atoms with van der Waals surface area (Å²) in [6.07, 6.45) is 2.81. The second-order valence-electron chi connectivity index (χ2n) is 6.33. The van der Waals surface area contributed by atoms with Crippen LogP contribution in [0, 0.1) is 26.2 Å². The van der Waals surface area contributed by atoms with Gasteiger partial charge in [0.05, 0.1) is 6.61 Å². The van der Waals surface area contributed by atoms with Gasteiger partial charge < -0.3 is 15.7 Å². The topological polar surface area (TPSA) is 67.8 Å². The minimum absolute atomic E-state index is 0.274. The van der Waals surface area contributed by atoms with Crippen molar-refractivity contribution in [3.05, 3.63) is 28.8 Å². The molecule has 4 nitrogen and oxygen atoms in total. The third-order valence-electron chi connectivity index (χ3n) is 4.12. The number of nitrogens with two attached hydrogens (primary N) is 1. The van der Waals surface area contributed by atoms with Gasteiger partial charge in [-0.2, -0.15) is 0 Å². The molecule has 21 heavy (non-hydrogen) atoms. The fraction of sp³-hybridized carbons (Fsp3) is 0.588. The summed E-state index contributed by atoms with van der Waals surface area (Å²) in [5, 5.41) is 11.8. The summed E-state index contributed by atoms with van der Waals surface area (Å²) in [5.74, 6) is 1.29. The van der Waals surface area contributed by atoms with Crippen LogP contribution in [0.4, 0.5) is 0 Å². The Balaban J connectivity index is 2.44. The first-order valence-corrected chi connectivity index (χ1v) is 7.47. The van der Waals surface area contributed by atoms with Gasteiger partial charge >= 0.3 is 0 Å². The van der Waals surface area contributed by atoms with E-state index in [4.69, 9.17) is 15.7 Å². The number of benzene rings is 1. The first kappa shape index (κ1) is 17.3. The highest BCUT2D eigenvalue weighted by atomic mass is 16.5. The van der Waals surface area contributed by atoms with E-state index in [9.17, 15) is 0 Å². The normalized spacial score (nSPS) is 12.5. The zero-order chi connectivity index (χ0) is 16.0. The predicted molar refractivity (Wildman–Crippen MR) is 87.2 cm³/mol. The lowest BCUT2D eigenvalue weighted by Crippen LogP contribution is -2.31. The number of hydrogen-bond acceptors (Lipinski definition) is 3. The summed E-state index contributed by atoms with van der Waals surface area (Å²) in [4.78, 5) is 0. The molecule has 0 aliphatic rings. The van der Waals surface area contributed by atoms with Crippen molar-refractivity contribution in [3.8, 4) is 5.75 Å². The van der Waals surface area contributed by atoms with E-state index in [2.05, 4.69) is 38.1 Å². The van der Waals surface area contributed by atoms with Crippen molar-refractivity contribution in [2.45, 2.75) is 53.9 Å². The molecule has 0 aromatic heterocycles. The molecular formula is C17H28N2O2. The molecule has 0 amide bonds. The Bertz CT molecular complexity index is 508. The van der Waals surface area contributed by atoms with E-state index in [1.807, 2.05) is 13.8 Å². The Morgan fingerprint density at radius 3 is 2.43 bits per heavy atom. The molecule has 4 heteroatoms. The van der Waals surface area contributed by atoms with Gasteiger partial charge in [-0.25, -0.2) is 0 Å².